The van der Waals surface area contributed by atoms with E-state index >= 15 is 0 Å². The van der Waals surface area contributed by atoms with Crippen molar-refractivity contribution in [2.75, 3.05) is 0 Å². The summed E-state index contributed by atoms with van der Waals surface area (Å²) in [4.78, 5) is 0. The minimum absolute atomic E-state index is 0.0622. The molecule has 0 aromatic heterocycles. The maximum absolute atomic E-state index is 9.78. The topological polar surface area (TPSA) is 32.3 Å². The standard InChI is InChI=1S/C15H29NO/c1-10-9-14(2,3)7-6-11(10)16-12-8-13(17)15(12,4)5/h10-13,16-17H,6-9H2,1-5H3. The minimum atomic E-state index is -0.115. The highest BCUT2D eigenvalue weighted by Gasteiger charge is 2.48. The Morgan fingerprint density at radius 1 is 1.18 bits per heavy atom. The van der Waals surface area contributed by atoms with Gasteiger partial charge in [-0.2, -0.15) is 0 Å². The molecule has 0 aromatic rings. The molecule has 2 nitrogen and oxygen atoms in total. The van der Waals surface area contributed by atoms with Gasteiger partial charge in [0, 0.05) is 17.5 Å². The first kappa shape index (κ1) is 13.4. The Kier molecular flexibility index (Phi) is 3.33. The molecule has 0 bridgehead atoms. The molecule has 0 heterocycles. The van der Waals surface area contributed by atoms with Crippen LogP contribution in [0.1, 0.15) is 60.3 Å². The van der Waals surface area contributed by atoms with Crippen molar-refractivity contribution in [3.8, 4) is 0 Å². The first-order valence-corrected chi connectivity index (χ1v) is 7.16. The van der Waals surface area contributed by atoms with Crippen LogP contribution in [0.25, 0.3) is 0 Å². The molecule has 0 spiro atoms. The maximum atomic E-state index is 9.78. The lowest BCUT2D eigenvalue weighted by molar-refractivity contribution is -0.0805. The largest absolute Gasteiger partial charge is 0.392 e. The van der Waals surface area contributed by atoms with Crippen molar-refractivity contribution in [2.24, 2.45) is 16.7 Å². The second-order valence-electron chi connectivity index (χ2n) is 7.78. The number of aliphatic hydroxyl groups is 1. The van der Waals surface area contributed by atoms with Crippen LogP contribution in [0.3, 0.4) is 0 Å². The Morgan fingerprint density at radius 3 is 2.29 bits per heavy atom. The summed E-state index contributed by atoms with van der Waals surface area (Å²) >= 11 is 0. The van der Waals surface area contributed by atoms with Crippen LogP contribution in [0, 0.1) is 16.7 Å². The zero-order valence-electron chi connectivity index (χ0n) is 12.1. The van der Waals surface area contributed by atoms with Gasteiger partial charge in [0.25, 0.3) is 0 Å². The lowest BCUT2D eigenvalue weighted by atomic mass is 9.63. The number of hydrogen-bond acceptors (Lipinski definition) is 2. The highest BCUT2D eigenvalue weighted by molar-refractivity contribution is 5.03. The molecule has 4 unspecified atom stereocenters. The highest BCUT2D eigenvalue weighted by Crippen LogP contribution is 2.43. The van der Waals surface area contributed by atoms with E-state index in [9.17, 15) is 5.11 Å². The second kappa shape index (κ2) is 4.24. The third-order valence-corrected chi connectivity index (χ3v) is 5.32. The van der Waals surface area contributed by atoms with Gasteiger partial charge >= 0.3 is 0 Å². The van der Waals surface area contributed by atoms with Crippen molar-refractivity contribution in [2.45, 2.75) is 78.5 Å². The summed E-state index contributed by atoms with van der Waals surface area (Å²) in [5.41, 5.74) is 0.582. The molecule has 2 rings (SSSR count). The van der Waals surface area contributed by atoms with Gasteiger partial charge in [0.1, 0.15) is 0 Å². The summed E-state index contributed by atoms with van der Waals surface area (Å²) in [6.07, 6.45) is 4.75. The smallest absolute Gasteiger partial charge is 0.0621 e. The Hall–Kier alpha value is -0.0800. The van der Waals surface area contributed by atoms with Crippen LogP contribution in [0.15, 0.2) is 0 Å². The first-order valence-electron chi connectivity index (χ1n) is 7.16. The zero-order chi connectivity index (χ0) is 12.8. The van der Waals surface area contributed by atoms with E-state index in [-0.39, 0.29) is 11.5 Å². The molecule has 2 N–H and O–H groups in total. The Morgan fingerprint density at radius 2 is 1.82 bits per heavy atom. The molecule has 2 fully saturated rings. The molecule has 4 atom stereocenters. The fourth-order valence-electron chi connectivity index (χ4n) is 3.64. The van der Waals surface area contributed by atoms with Crippen LogP contribution in [-0.4, -0.2) is 23.3 Å². The van der Waals surface area contributed by atoms with Crippen molar-refractivity contribution in [1.29, 1.82) is 0 Å². The van der Waals surface area contributed by atoms with Crippen LogP contribution in [0.5, 0.6) is 0 Å². The Balaban J connectivity index is 1.89. The molecule has 2 aliphatic rings. The highest BCUT2D eigenvalue weighted by atomic mass is 16.3. The summed E-state index contributed by atoms with van der Waals surface area (Å²) < 4.78 is 0. The van der Waals surface area contributed by atoms with E-state index in [1.165, 1.54) is 19.3 Å². The van der Waals surface area contributed by atoms with Gasteiger partial charge in [0.15, 0.2) is 0 Å². The zero-order valence-corrected chi connectivity index (χ0v) is 12.1. The predicted molar refractivity (Wildman–Crippen MR) is 71.9 cm³/mol. The van der Waals surface area contributed by atoms with Gasteiger partial charge in [-0.1, -0.05) is 34.6 Å². The van der Waals surface area contributed by atoms with Crippen LogP contribution >= 0.6 is 0 Å². The maximum Gasteiger partial charge on any atom is 0.0621 e. The van der Waals surface area contributed by atoms with Crippen molar-refractivity contribution >= 4 is 0 Å². The molecule has 2 heteroatoms. The molecule has 2 saturated carbocycles. The number of nitrogens with one attached hydrogen (secondary N) is 1. The van der Waals surface area contributed by atoms with E-state index < -0.39 is 0 Å². The third kappa shape index (κ3) is 2.53. The Labute approximate surface area is 106 Å². The molecule has 0 aromatic carbocycles. The molecular weight excluding hydrogens is 210 g/mol. The number of rotatable bonds is 2. The fraction of sp³-hybridized carbons (Fsp3) is 1.00. The van der Waals surface area contributed by atoms with Crippen LogP contribution in [0.4, 0.5) is 0 Å². The van der Waals surface area contributed by atoms with E-state index in [1.807, 2.05) is 0 Å². The summed E-state index contributed by atoms with van der Waals surface area (Å²) in [5, 5.41) is 13.6. The lowest BCUT2D eigenvalue weighted by Crippen LogP contribution is -2.63. The average molecular weight is 239 g/mol. The summed E-state index contributed by atoms with van der Waals surface area (Å²) in [6.45, 7) is 11.5. The average Bonchev–Trinajstić information content (AvgIpc) is 2.20. The Bertz CT molecular complexity index is 285. The van der Waals surface area contributed by atoms with E-state index in [0.29, 0.717) is 17.5 Å². The van der Waals surface area contributed by atoms with E-state index in [0.717, 1.165) is 12.3 Å². The summed E-state index contributed by atoms with van der Waals surface area (Å²) in [6, 6.07) is 1.16. The molecule has 0 saturated heterocycles. The van der Waals surface area contributed by atoms with E-state index in [2.05, 4.69) is 39.9 Å². The molecule has 0 radical (unpaired) electrons. The number of aliphatic hydroxyl groups excluding tert-OH is 1. The fourth-order valence-corrected chi connectivity index (χ4v) is 3.64. The molecule has 100 valence electrons. The predicted octanol–water partition coefficient (Wildman–Crippen LogP) is 2.95. The van der Waals surface area contributed by atoms with Crippen molar-refractivity contribution in [1.82, 2.24) is 5.32 Å². The van der Waals surface area contributed by atoms with Crippen molar-refractivity contribution in [3.63, 3.8) is 0 Å². The quantitative estimate of drug-likeness (QED) is 0.776. The van der Waals surface area contributed by atoms with Gasteiger partial charge in [-0.15, -0.1) is 0 Å². The molecule has 2 aliphatic carbocycles. The van der Waals surface area contributed by atoms with Gasteiger partial charge in [-0.3, -0.25) is 0 Å². The summed E-state index contributed by atoms with van der Waals surface area (Å²) in [5.74, 6) is 0.757. The first-order chi connectivity index (χ1) is 7.72. The van der Waals surface area contributed by atoms with E-state index in [1.54, 1.807) is 0 Å². The molecule has 0 aliphatic heterocycles. The van der Waals surface area contributed by atoms with E-state index in [4.69, 9.17) is 0 Å². The molecular formula is C15H29NO. The molecule has 17 heavy (non-hydrogen) atoms. The van der Waals surface area contributed by atoms with Crippen LogP contribution in [0.2, 0.25) is 0 Å². The van der Waals surface area contributed by atoms with Gasteiger partial charge in [-0.25, -0.2) is 0 Å². The number of hydrogen-bond donors (Lipinski definition) is 2. The second-order valence-corrected chi connectivity index (χ2v) is 7.78. The lowest BCUT2D eigenvalue weighted by Gasteiger charge is -2.52. The van der Waals surface area contributed by atoms with Gasteiger partial charge in [-0.05, 0) is 37.0 Å². The van der Waals surface area contributed by atoms with Gasteiger partial charge in [0.05, 0.1) is 6.10 Å². The van der Waals surface area contributed by atoms with Crippen LogP contribution in [-0.2, 0) is 0 Å². The van der Waals surface area contributed by atoms with Crippen molar-refractivity contribution < 1.29 is 5.11 Å². The van der Waals surface area contributed by atoms with Gasteiger partial charge < -0.3 is 10.4 Å². The SMILES string of the molecule is CC1CC(C)(C)CCC1NC1CC(O)C1(C)C. The van der Waals surface area contributed by atoms with Crippen molar-refractivity contribution in [3.05, 3.63) is 0 Å². The monoisotopic (exact) mass is 239 g/mol. The summed E-state index contributed by atoms with van der Waals surface area (Å²) in [7, 11) is 0. The van der Waals surface area contributed by atoms with Crippen LogP contribution < -0.4 is 5.32 Å². The third-order valence-electron chi connectivity index (χ3n) is 5.32. The normalized spacial score (nSPS) is 44.1. The minimum Gasteiger partial charge on any atom is -0.392 e. The molecule has 0 amide bonds. The van der Waals surface area contributed by atoms with Gasteiger partial charge in [0.2, 0.25) is 0 Å².